The molecule has 82 valence electrons. The average Bonchev–Trinajstić information content (AvgIpc) is 2.22. The highest BCUT2D eigenvalue weighted by Crippen LogP contribution is 2.32. The van der Waals surface area contributed by atoms with Gasteiger partial charge in [-0.25, -0.2) is 0 Å². The molecule has 15 heavy (non-hydrogen) atoms. The molecule has 0 atom stereocenters. The van der Waals surface area contributed by atoms with E-state index in [-0.39, 0.29) is 5.78 Å². The Bertz CT molecular complexity index is 377. The van der Waals surface area contributed by atoms with Crippen molar-refractivity contribution >= 4 is 21.7 Å². The summed E-state index contributed by atoms with van der Waals surface area (Å²) in [5, 5.41) is 2.83. The first-order valence-corrected chi connectivity index (χ1v) is 5.42. The topological polar surface area (TPSA) is 38.3 Å². The Morgan fingerprint density at radius 3 is 2.73 bits per heavy atom. The normalized spacial score (nSPS) is 10.1. The molecule has 0 heterocycles. The van der Waals surface area contributed by atoms with Crippen LogP contribution >= 0.6 is 15.9 Å². The number of Topliss-reactive ketones (excluding diaryl/α,β-unsaturated/α-hetero) is 1. The fourth-order valence-corrected chi connectivity index (χ4v) is 1.84. The Balaban J connectivity index is 3.18. The van der Waals surface area contributed by atoms with Gasteiger partial charge in [-0.05, 0) is 41.5 Å². The molecule has 0 unspecified atom stereocenters. The summed E-state index contributed by atoms with van der Waals surface area (Å²) in [7, 11) is 3.31. The first-order chi connectivity index (χ1) is 7.11. The first kappa shape index (κ1) is 12.2. The minimum atomic E-state index is 0.0232. The Labute approximate surface area is 97.9 Å². The fraction of sp³-hybridized carbons (Fsp3) is 0.364. The second-order valence-electron chi connectivity index (χ2n) is 3.23. The Morgan fingerprint density at radius 1 is 1.53 bits per heavy atom. The SMILES string of the molecule is CNCC(=O)c1ccc(C)c(Br)c1OC. The molecule has 0 radical (unpaired) electrons. The Kier molecular flexibility index (Phi) is 4.29. The van der Waals surface area contributed by atoms with Crippen molar-refractivity contribution in [3.05, 3.63) is 27.7 Å². The molecule has 0 fully saturated rings. The van der Waals surface area contributed by atoms with Gasteiger partial charge in [0.2, 0.25) is 0 Å². The van der Waals surface area contributed by atoms with Crippen molar-refractivity contribution in [2.45, 2.75) is 6.92 Å². The van der Waals surface area contributed by atoms with Crippen molar-refractivity contribution in [2.75, 3.05) is 20.7 Å². The predicted molar refractivity (Wildman–Crippen MR) is 63.7 cm³/mol. The molecular weight excluding hydrogens is 258 g/mol. The number of rotatable bonds is 4. The van der Waals surface area contributed by atoms with Gasteiger partial charge < -0.3 is 10.1 Å². The summed E-state index contributed by atoms with van der Waals surface area (Å²) in [5.41, 5.74) is 1.65. The number of methoxy groups -OCH3 is 1. The summed E-state index contributed by atoms with van der Waals surface area (Å²) in [6.07, 6.45) is 0. The lowest BCUT2D eigenvalue weighted by molar-refractivity contribution is 0.0990. The second-order valence-corrected chi connectivity index (χ2v) is 4.02. The molecule has 1 N–H and O–H groups in total. The van der Waals surface area contributed by atoms with Crippen LogP contribution in [0.25, 0.3) is 0 Å². The summed E-state index contributed by atoms with van der Waals surface area (Å²) >= 11 is 3.41. The van der Waals surface area contributed by atoms with Gasteiger partial charge in [0.25, 0.3) is 0 Å². The monoisotopic (exact) mass is 271 g/mol. The maximum Gasteiger partial charge on any atom is 0.180 e. The van der Waals surface area contributed by atoms with E-state index >= 15 is 0 Å². The van der Waals surface area contributed by atoms with Crippen LogP contribution in [0.15, 0.2) is 16.6 Å². The molecule has 4 heteroatoms. The zero-order valence-electron chi connectivity index (χ0n) is 9.06. The summed E-state index contributed by atoms with van der Waals surface area (Å²) < 4.78 is 6.07. The van der Waals surface area contributed by atoms with Crippen molar-refractivity contribution in [1.82, 2.24) is 5.32 Å². The number of likely N-dealkylation sites (N-methyl/N-ethyl adjacent to an activating group) is 1. The number of ether oxygens (including phenoxy) is 1. The van der Waals surface area contributed by atoms with Gasteiger partial charge in [0.1, 0.15) is 5.75 Å². The third kappa shape index (κ3) is 2.58. The molecule has 0 bridgehead atoms. The third-order valence-electron chi connectivity index (χ3n) is 2.13. The number of hydrogen-bond acceptors (Lipinski definition) is 3. The van der Waals surface area contributed by atoms with E-state index in [0.29, 0.717) is 17.9 Å². The highest BCUT2D eigenvalue weighted by Gasteiger charge is 2.15. The van der Waals surface area contributed by atoms with Crippen molar-refractivity contribution < 1.29 is 9.53 Å². The lowest BCUT2D eigenvalue weighted by atomic mass is 10.1. The minimum absolute atomic E-state index is 0.0232. The first-order valence-electron chi connectivity index (χ1n) is 4.62. The zero-order valence-corrected chi connectivity index (χ0v) is 10.6. The molecule has 3 nitrogen and oxygen atoms in total. The highest BCUT2D eigenvalue weighted by molar-refractivity contribution is 9.10. The molecule has 1 aromatic carbocycles. The molecule has 1 aromatic rings. The summed E-state index contributed by atoms with van der Waals surface area (Å²) in [5.74, 6) is 0.630. The maximum absolute atomic E-state index is 11.7. The van der Waals surface area contributed by atoms with E-state index in [1.807, 2.05) is 13.0 Å². The highest BCUT2D eigenvalue weighted by atomic mass is 79.9. The summed E-state index contributed by atoms with van der Waals surface area (Å²) in [6.45, 7) is 2.27. The van der Waals surface area contributed by atoms with E-state index in [0.717, 1.165) is 10.0 Å². The number of carbonyl (C=O) groups excluding carboxylic acids is 1. The van der Waals surface area contributed by atoms with Crippen LogP contribution in [0, 0.1) is 6.92 Å². The van der Waals surface area contributed by atoms with Gasteiger partial charge in [-0.2, -0.15) is 0 Å². The van der Waals surface area contributed by atoms with E-state index < -0.39 is 0 Å². The van der Waals surface area contributed by atoms with Crippen molar-refractivity contribution in [1.29, 1.82) is 0 Å². The smallest absolute Gasteiger partial charge is 0.180 e. The standard InChI is InChI=1S/C11H14BrNO2/c1-7-4-5-8(9(14)6-13-2)11(15-3)10(7)12/h4-5,13H,6H2,1-3H3. The van der Waals surface area contributed by atoms with Crippen LogP contribution < -0.4 is 10.1 Å². The van der Waals surface area contributed by atoms with Gasteiger partial charge in [0, 0.05) is 0 Å². The van der Waals surface area contributed by atoms with Gasteiger partial charge in [0.05, 0.1) is 23.7 Å². The van der Waals surface area contributed by atoms with Crippen LogP contribution in [-0.2, 0) is 0 Å². The molecule has 0 amide bonds. The van der Waals surface area contributed by atoms with Gasteiger partial charge >= 0.3 is 0 Å². The number of nitrogens with one attached hydrogen (secondary N) is 1. The molecule has 0 aromatic heterocycles. The van der Waals surface area contributed by atoms with E-state index in [2.05, 4.69) is 21.2 Å². The van der Waals surface area contributed by atoms with Gasteiger partial charge in [0.15, 0.2) is 5.78 Å². The Morgan fingerprint density at radius 2 is 2.20 bits per heavy atom. The number of carbonyl (C=O) groups is 1. The van der Waals surface area contributed by atoms with Crippen LogP contribution in [0.4, 0.5) is 0 Å². The van der Waals surface area contributed by atoms with Crippen LogP contribution in [0.3, 0.4) is 0 Å². The Hall–Kier alpha value is -0.870. The lowest BCUT2D eigenvalue weighted by Gasteiger charge is -2.11. The largest absolute Gasteiger partial charge is 0.495 e. The van der Waals surface area contributed by atoms with E-state index in [1.54, 1.807) is 20.2 Å². The quantitative estimate of drug-likeness (QED) is 0.854. The molecule has 1 rings (SSSR count). The average molecular weight is 272 g/mol. The van der Waals surface area contributed by atoms with Crippen LogP contribution in [0.2, 0.25) is 0 Å². The number of benzene rings is 1. The predicted octanol–water partition coefficient (Wildman–Crippen LogP) is 2.17. The van der Waals surface area contributed by atoms with Crippen LogP contribution in [-0.4, -0.2) is 26.5 Å². The molecule has 0 aliphatic carbocycles. The number of ketones is 1. The molecule has 0 aliphatic rings. The van der Waals surface area contributed by atoms with E-state index in [4.69, 9.17) is 4.74 Å². The molecule has 0 saturated carbocycles. The number of halogens is 1. The maximum atomic E-state index is 11.7. The third-order valence-corrected chi connectivity index (χ3v) is 3.12. The lowest BCUT2D eigenvalue weighted by Crippen LogP contribution is -2.19. The zero-order chi connectivity index (χ0) is 11.4. The summed E-state index contributed by atoms with van der Waals surface area (Å²) in [6, 6.07) is 3.69. The van der Waals surface area contributed by atoms with Crippen LogP contribution in [0.5, 0.6) is 5.75 Å². The van der Waals surface area contributed by atoms with Gasteiger partial charge in [-0.15, -0.1) is 0 Å². The molecule has 0 saturated heterocycles. The molecule has 0 spiro atoms. The van der Waals surface area contributed by atoms with E-state index in [1.165, 1.54) is 0 Å². The van der Waals surface area contributed by atoms with Crippen molar-refractivity contribution in [2.24, 2.45) is 0 Å². The van der Waals surface area contributed by atoms with Gasteiger partial charge in [-0.3, -0.25) is 4.79 Å². The van der Waals surface area contributed by atoms with Crippen LogP contribution in [0.1, 0.15) is 15.9 Å². The fourth-order valence-electron chi connectivity index (χ4n) is 1.33. The minimum Gasteiger partial charge on any atom is -0.495 e. The second kappa shape index (κ2) is 5.28. The summed E-state index contributed by atoms with van der Waals surface area (Å²) in [4.78, 5) is 11.7. The van der Waals surface area contributed by atoms with Crippen molar-refractivity contribution in [3.63, 3.8) is 0 Å². The van der Waals surface area contributed by atoms with Crippen molar-refractivity contribution in [3.8, 4) is 5.75 Å². The van der Waals surface area contributed by atoms with E-state index in [9.17, 15) is 4.79 Å². The molecular formula is C11H14BrNO2. The number of aryl methyl sites for hydroxylation is 1. The number of hydrogen-bond donors (Lipinski definition) is 1. The van der Waals surface area contributed by atoms with Gasteiger partial charge in [-0.1, -0.05) is 6.07 Å². The molecule has 0 aliphatic heterocycles.